The normalized spacial score (nSPS) is 13.6. The minimum absolute atomic E-state index is 0.0937. The van der Waals surface area contributed by atoms with E-state index in [-0.39, 0.29) is 18.4 Å². The summed E-state index contributed by atoms with van der Waals surface area (Å²) in [4.78, 5) is 12.8. The molecule has 0 fully saturated rings. The zero-order chi connectivity index (χ0) is 16.7. The Bertz CT molecular complexity index is 574. The highest BCUT2D eigenvalue weighted by molar-refractivity contribution is 7.98. The molecule has 0 unspecified atom stereocenters. The monoisotopic (exact) mass is 329 g/mol. The first kappa shape index (κ1) is 17.6. The predicted octanol–water partition coefficient (Wildman–Crippen LogP) is 3.05. The van der Waals surface area contributed by atoms with Crippen molar-refractivity contribution in [3.05, 3.63) is 71.8 Å². The predicted molar refractivity (Wildman–Crippen MR) is 96.7 cm³/mol. The van der Waals surface area contributed by atoms with Gasteiger partial charge in [-0.25, -0.2) is 0 Å². The summed E-state index contributed by atoms with van der Waals surface area (Å²) in [5, 5.41) is 13.2. The summed E-state index contributed by atoms with van der Waals surface area (Å²) in [6.07, 6.45) is 1.94. The van der Waals surface area contributed by atoms with Gasteiger partial charge in [0.25, 0.3) is 0 Å². The maximum absolute atomic E-state index is 12.8. The van der Waals surface area contributed by atoms with Gasteiger partial charge in [-0.3, -0.25) is 4.79 Å². The molecular formula is C19H23NO2S. The van der Waals surface area contributed by atoms with Gasteiger partial charge < -0.3 is 10.4 Å². The van der Waals surface area contributed by atoms with Gasteiger partial charge in [-0.05, 0) is 24.3 Å². The topological polar surface area (TPSA) is 49.3 Å². The van der Waals surface area contributed by atoms with Crippen LogP contribution in [-0.2, 0) is 4.79 Å². The highest BCUT2D eigenvalue weighted by atomic mass is 32.2. The minimum Gasteiger partial charge on any atom is -0.387 e. The van der Waals surface area contributed by atoms with Crippen LogP contribution < -0.4 is 5.32 Å². The van der Waals surface area contributed by atoms with E-state index in [1.54, 1.807) is 18.7 Å². The third kappa shape index (κ3) is 5.12. The van der Waals surface area contributed by atoms with Crippen LogP contribution in [0, 0.1) is 0 Å². The molecule has 2 aromatic carbocycles. The van der Waals surface area contributed by atoms with Gasteiger partial charge in [-0.2, -0.15) is 11.8 Å². The highest BCUT2D eigenvalue weighted by Gasteiger charge is 2.26. The molecule has 3 nitrogen and oxygen atoms in total. The fraction of sp³-hybridized carbons (Fsp3) is 0.316. The molecule has 2 N–H and O–H groups in total. The van der Waals surface area contributed by atoms with Crippen LogP contribution >= 0.6 is 11.8 Å². The lowest BCUT2D eigenvalue weighted by Crippen LogP contribution is -2.44. The molecule has 2 rings (SSSR count). The van der Waals surface area contributed by atoms with Crippen LogP contribution in [-0.4, -0.2) is 35.2 Å². The Morgan fingerprint density at radius 3 is 2.00 bits per heavy atom. The summed E-state index contributed by atoms with van der Waals surface area (Å²) in [5.74, 6) is 0.112. The van der Waals surface area contributed by atoms with Gasteiger partial charge in [0.15, 0.2) is 0 Å². The highest BCUT2D eigenvalue weighted by Crippen LogP contribution is 2.25. The molecule has 4 heteroatoms. The maximum Gasteiger partial charge on any atom is 0.232 e. The summed E-state index contributed by atoms with van der Waals surface area (Å²) in [5.41, 5.74) is 0.980. The van der Waals surface area contributed by atoms with Gasteiger partial charge >= 0.3 is 0 Å². The SMILES string of the molecule is CSC[C@@](C)(O)CNC(=O)C(c1ccccc1)c1ccccc1. The molecule has 0 heterocycles. The fourth-order valence-electron chi connectivity index (χ4n) is 2.53. The van der Waals surface area contributed by atoms with Crippen molar-refractivity contribution in [3.63, 3.8) is 0 Å². The second kappa shape index (κ2) is 8.18. The first-order valence-electron chi connectivity index (χ1n) is 7.62. The Kier molecular flexibility index (Phi) is 6.25. The molecule has 0 saturated carbocycles. The third-order valence-corrected chi connectivity index (χ3v) is 4.54. The van der Waals surface area contributed by atoms with E-state index in [1.807, 2.05) is 66.9 Å². The Labute approximate surface area is 142 Å². The van der Waals surface area contributed by atoms with E-state index in [0.29, 0.717) is 5.75 Å². The quantitative estimate of drug-likeness (QED) is 0.821. The second-order valence-corrected chi connectivity index (χ2v) is 6.77. The smallest absolute Gasteiger partial charge is 0.232 e. The van der Waals surface area contributed by atoms with E-state index >= 15 is 0 Å². The van der Waals surface area contributed by atoms with E-state index in [0.717, 1.165) is 11.1 Å². The first-order valence-corrected chi connectivity index (χ1v) is 9.02. The number of nitrogens with one attached hydrogen (secondary N) is 1. The number of rotatable bonds is 7. The summed E-state index contributed by atoms with van der Waals surface area (Å²) in [6.45, 7) is 1.98. The van der Waals surface area contributed by atoms with Crippen molar-refractivity contribution in [2.24, 2.45) is 0 Å². The lowest BCUT2D eigenvalue weighted by atomic mass is 9.90. The number of carbonyl (C=O) groups is 1. The lowest BCUT2D eigenvalue weighted by molar-refractivity contribution is -0.122. The molecule has 0 spiro atoms. The van der Waals surface area contributed by atoms with E-state index < -0.39 is 5.60 Å². The molecule has 1 atom stereocenters. The molecule has 23 heavy (non-hydrogen) atoms. The van der Waals surface area contributed by atoms with Crippen molar-refractivity contribution in [2.75, 3.05) is 18.6 Å². The van der Waals surface area contributed by atoms with Crippen LogP contribution in [0.4, 0.5) is 0 Å². The van der Waals surface area contributed by atoms with Crippen LogP contribution in [0.3, 0.4) is 0 Å². The van der Waals surface area contributed by atoms with Crippen LogP contribution in [0.25, 0.3) is 0 Å². The summed E-state index contributed by atoms with van der Waals surface area (Å²) in [6, 6.07) is 19.4. The van der Waals surface area contributed by atoms with E-state index in [1.165, 1.54) is 0 Å². The van der Waals surface area contributed by atoms with Gasteiger partial charge in [0.05, 0.1) is 11.5 Å². The summed E-state index contributed by atoms with van der Waals surface area (Å²) >= 11 is 1.56. The van der Waals surface area contributed by atoms with Gasteiger partial charge in [0.1, 0.15) is 0 Å². The number of carbonyl (C=O) groups excluding carboxylic acids is 1. The zero-order valence-corrected chi connectivity index (χ0v) is 14.3. The molecule has 0 radical (unpaired) electrons. The number of aliphatic hydroxyl groups is 1. The van der Waals surface area contributed by atoms with Crippen molar-refractivity contribution in [3.8, 4) is 0 Å². The Balaban J connectivity index is 2.20. The first-order chi connectivity index (χ1) is 11.0. The minimum atomic E-state index is -0.910. The summed E-state index contributed by atoms with van der Waals surface area (Å²) in [7, 11) is 0. The lowest BCUT2D eigenvalue weighted by Gasteiger charge is -2.25. The average molecular weight is 329 g/mol. The Hall–Kier alpha value is -1.78. The van der Waals surface area contributed by atoms with Crippen molar-refractivity contribution in [1.29, 1.82) is 0 Å². The van der Waals surface area contributed by atoms with Crippen molar-refractivity contribution in [1.82, 2.24) is 5.32 Å². The van der Waals surface area contributed by atoms with Crippen molar-refractivity contribution < 1.29 is 9.90 Å². The van der Waals surface area contributed by atoms with E-state index in [4.69, 9.17) is 0 Å². The third-order valence-electron chi connectivity index (χ3n) is 3.63. The Morgan fingerprint density at radius 1 is 1.09 bits per heavy atom. The molecule has 0 aromatic heterocycles. The molecule has 2 aromatic rings. The molecule has 0 aliphatic rings. The zero-order valence-electron chi connectivity index (χ0n) is 13.5. The van der Waals surface area contributed by atoms with Gasteiger partial charge in [0.2, 0.25) is 5.91 Å². The van der Waals surface area contributed by atoms with E-state index in [9.17, 15) is 9.90 Å². The molecule has 1 amide bonds. The largest absolute Gasteiger partial charge is 0.387 e. The Morgan fingerprint density at radius 2 is 1.57 bits per heavy atom. The van der Waals surface area contributed by atoms with Crippen LogP contribution in [0.2, 0.25) is 0 Å². The van der Waals surface area contributed by atoms with Crippen molar-refractivity contribution in [2.45, 2.75) is 18.4 Å². The molecule has 0 saturated heterocycles. The molecule has 0 aliphatic carbocycles. The molecule has 0 aliphatic heterocycles. The van der Waals surface area contributed by atoms with Crippen LogP contribution in [0.15, 0.2) is 60.7 Å². The average Bonchev–Trinajstić information content (AvgIpc) is 2.55. The van der Waals surface area contributed by atoms with E-state index in [2.05, 4.69) is 5.32 Å². The van der Waals surface area contributed by atoms with Gasteiger partial charge in [-0.15, -0.1) is 0 Å². The van der Waals surface area contributed by atoms with Crippen LogP contribution in [0.5, 0.6) is 0 Å². The van der Waals surface area contributed by atoms with Gasteiger partial charge in [-0.1, -0.05) is 60.7 Å². The second-order valence-electron chi connectivity index (χ2n) is 5.90. The summed E-state index contributed by atoms with van der Waals surface area (Å²) < 4.78 is 0. The number of benzene rings is 2. The van der Waals surface area contributed by atoms with Crippen LogP contribution in [0.1, 0.15) is 24.0 Å². The number of hydrogen-bond acceptors (Lipinski definition) is 3. The molecule has 0 bridgehead atoms. The fourth-order valence-corrected chi connectivity index (χ4v) is 3.25. The van der Waals surface area contributed by atoms with Crippen molar-refractivity contribution >= 4 is 17.7 Å². The molecule has 122 valence electrons. The standard InChI is InChI=1S/C19H23NO2S/c1-19(22,14-23-2)13-20-18(21)17(15-9-5-3-6-10-15)16-11-7-4-8-12-16/h3-12,17,22H,13-14H2,1-2H3,(H,20,21)/t19-/m0/s1. The number of amides is 1. The molecular weight excluding hydrogens is 306 g/mol. The maximum atomic E-state index is 12.8. The van der Waals surface area contributed by atoms with Gasteiger partial charge in [0, 0.05) is 12.3 Å². The number of thioether (sulfide) groups is 1. The number of hydrogen-bond donors (Lipinski definition) is 2.